The monoisotopic (exact) mass is 543 g/mol. The Morgan fingerprint density at radius 3 is 2.50 bits per heavy atom. The van der Waals surface area contributed by atoms with Crippen LogP contribution in [0.3, 0.4) is 0 Å². The van der Waals surface area contributed by atoms with Gasteiger partial charge in [0.15, 0.2) is 11.8 Å². The molecule has 0 aliphatic carbocycles. The second-order valence-corrected chi connectivity index (χ2v) is 9.62. The number of hydrogen-bond acceptors (Lipinski definition) is 6. The number of benzene rings is 3. The van der Waals surface area contributed by atoms with Crippen LogP contribution in [0.25, 0.3) is 6.08 Å². The Balaban J connectivity index is 1.31. The maximum atomic E-state index is 13.3. The van der Waals surface area contributed by atoms with Crippen molar-refractivity contribution in [2.75, 3.05) is 11.9 Å². The van der Waals surface area contributed by atoms with Crippen molar-refractivity contribution in [3.8, 4) is 5.75 Å². The fraction of sp³-hybridized carbons (Fsp3) is 0.0690. The van der Waals surface area contributed by atoms with Gasteiger partial charge in [0.2, 0.25) is 0 Å². The maximum Gasteiger partial charge on any atom is 0.267 e. The zero-order valence-electron chi connectivity index (χ0n) is 20.0. The van der Waals surface area contributed by atoms with Crippen LogP contribution in [-0.4, -0.2) is 28.5 Å². The van der Waals surface area contributed by atoms with Gasteiger partial charge >= 0.3 is 0 Å². The first kappa shape index (κ1) is 25.4. The van der Waals surface area contributed by atoms with E-state index in [9.17, 15) is 9.59 Å². The first-order valence-electron chi connectivity index (χ1n) is 11.7. The van der Waals surface area contributed by atoms with Gasteiger partial charge < -0.3 is 14.5 Å². The van der Waals surface area contributed by atoms with Crippen molar-refractivity contribution in [2.45, 2.75) is 6.54 Å². The van der Waals surface area contributed by atoms with Crippen molar-refractivity contribution in [3.05, 3.63) is 119 Å². The van der Waals surface area contributed by atoms with E-state index in [0.29, 0.717) is 37.9 Å². The van der Waals surface area contributed by atoms with E-state index in [-0.39, 0.29) is 25.0 Å². The number of thioether (sulfide) groups is 1. The number of amides is 2. The van der Waals surface area contributed by atoms with Crippen LogP contribution < -0.4 is 10.1 Å². The molecule has 1 aliphatic heterocycles. The summed E-state index contributed by atoms with van der Waals surface area (Å²) < 4.78 is 11.1. The zero-order valence-corrected chi connectivity index (χ0v) is 21.6. The number of para-hydroxylation sites is 2. The number of rotatable bonds is 8. The van der Waals surface area contributed by atoms with Gasteiger partial charge in [-0.15, -0.1) is 0 Å². The molecule has 0 spiro atoms. The van der Waals surface area contributed by atoms with Gasteiger partial charge in [0, 0.05) is 5.69 Å². The van der Waals surface area contributed by atoms with Crippen molar-refractivity contribution < 1.29 is 18.7 Å². The Hall–Kier alpha value is -4.27. The van der Waals surface area contributed by atoms with Crippen LogP contribution in [0.2, 0.25) is 5.02 Å². The topological polar surface area (TPSA) is 84.1 Å². The van der Waals surface area contributed by atoms with Gasteiger partial charge in [0.1, 0.15) is 11.5 Å². The number of hydrogen-bond donors (Lipinski definition) is 1. The molecule has 1 saturated heterocycles. The summed E-state index contributed by atoms with van der Waals surface area (Å²) in [5, 5.41) is 3.64. The van der Waals surface area contributed by atoms with E-state index in [1.165, 1.54) is 11.8 Å². The minimum absolute atomic E-state index is 0.185. The van der Waals surface area contributed by atoms with Crippen LogP contribution >= 0.6 is 23.4 Å². The van der Waals surface area contributed by atoms with Crippen LogP contribution in [-0.2, 0) is 16.1 Å². The van der Waals surface area contributed by atoms with E-state index in [4.69, 9.17) is 20.8 Å². The summed E-state index contributed by atoms with van der Waals surface area (Å²) in [6.07, 6.45) is 3.33. The van der Waals surface area contributed by atoms with Gasteiger partial charge in [-0.2, -0.15) is 0 Å². The number of aliphatic imine (C=N–C) groups is 1. The summed E-state index contributed by atoms with van der Waals surface area (Å²) in [5.41, 5.74) is 2.14. The molecule has 2 heterocycles. The van der Waals surface area contributed by atoms with Crippen molar-refractivity contribution in [1.82, 2.24) is 4.90 Å². The molecule has 7 nitrogen and oxygen atoms in total. The summed E-state index contributed by atoms with van der Waals surface area (Å²) >= 11 is 7.71. The number of furan rings is 1. The fourth-order valence-electron chi connectivity index (χ4n) is 3.64. The molecule has 0 radical (unpaired) electrons. The summed E-state index contributed by atoms with van der Waals surface area (Å²) in [6, 6.07) is 27.3. The van der Waals surface area contributed by atoms with Crippen molar-refractivity contribution in [1.29, 1.82) is 0 Å². The molecule has 5 rings (SSSR count). The van der Waals surface area contributed by atoms with Gasteiger partial charge in [0.25, 0.3) is 11.8 Å². The SMILES string of the molecule is O=C(COc1ccc(/C=C2\SC(=Nc3ccccc3)N(Cc3ccco3)C2=O)cc1Cl)Nc1ccccc1. The van der Waals surface area contributed by atoms with Crippen LogP contribution in [0, 0.1) is 0 Å². The van der Waals surface area contributed by atoms with Crippen molar-refractivity contribution in [2.24, 2.45) is 4.99 Å². The highest BCUT2D eigenvalue weighted by atomic mass is 35.5. The fourth-order valence-corrected chi connectivity index (χ4v) is 4.88. The summed E-state index contributed by atoms with van der Waals surface area (Å²) in [7, 11) is 0. The first-order chi connectivity index (χ1) is 18.5. The Morgan fingerprint density at radius 2 is 1.79 bits per heavy atom. The van der Waals surface area contributed by atoms with Crippen LogP contribution in [0.4, 0.5) is 11.4 Å². The lowest BCUT2D eigenvalue weighted by Gasteiger charge is -2.13. The molecular weight excluding hydrogens is 522 g/mol. The summed E-state index contributed by atoms with van der Waals surface area (Å²) in [5.74, 6) is 0.540. The second-order valence-electron chi connectivity index (χ2n) is 8.20. The molecule has 0 bridgehead atoms. The molecule has 0 saturated carbocycles. The molecule has 1 aromatic heterocycles. The van der Waals surface area contributed by atoms with E-state index in [0.717, 1.165) is 5.69 Å². The lowest BCUT2D eigenvalue weighted by molar-refractivity contribution is -0.122. The largest absolute Gasteiger partial charge is 0.482 e. The predicted molar refractivity (Wildman–Crippen MR) is 150 cm³/mol. The van der Waals surface area contributed by atoms with E-state index >= 15 is 0 Å². The Kier molecular flexibility index (Phi) is 7.92. The molecule has 4 aromatic rings. The summed E-state index contributed by atoms with van der Waals surface area (Å²) in [6.45, 7) is 0.0743. The molecule has 2 amide bonds. The van der Waals surface area contributed by atoms with Gasteiger partial charge in [-0.1, -0.05) is 54.1 Å². The normalized spacial score (nSPS) is 15.3. The van der Waals surface area contributed by atoms with Gasteiger partial charge in [-0.25, -0.2) is 4.99 Å². The molecule has 38 heavy (non-hydrogen) atoms. The van der Waals surface area contributed by atoms with Gasteiger partial charge in [-0.3, -0.25) is 14.5 Å². The highest BCUT2D eigenvalue weighted by molar-refractivity contribution is 8.18. The lowest BCUT2D eigenvalue weighted by atomic mass is 10.2. The second kappa shape index (κ2) is 11.9. The Morgan fingerprint density at radius 1 is 1.03 bits per heavy atom. The first-order valence-corrected chi connectivity index (χ1v) is 12.9. The molecule has 3 aromatic carbocycles. The average Bonchev–Trinajstić information content (AvgIpc) is 3.54. The molecule has 1 fully saturated rings. The highest BCUT2D eigenvalue weighted by Crippen LogP contribution is 2.36. The average molecular weight is 544 g/mol. The maximum absolute atomic E-state index is 13.3. The number of carbonyl (C=O) groups excluding carboxylic acids is 2. The zero-order chi connectivity index (χ0) is 26.3. The summed E-state index contributed by atoms with van der Waals surface area (Å²) in [4.78, 5) is 32.3. The number of nitrogens with zero attached hydrogens (tertiary/aromatic N) is 2. The number of ether oxygens (including phenoxy) is 1. The number of carbonyl (C=O) groups is 2. The van der Waals surface area contributed by atoms with E-state index in [1.54, 1.807) is 53.6 Å². The predicted octanol–water partition coefficient (Wildman–Crippen LogP) is 6.75. The quantitative estimate of drug-likeness (QED) is 0.248. The lowest BCUT2D eigenvalue weighted by Crippen LogP contribution is -2.28. The van der Waals surface area contributed by atoms with Gasteiger partial charge in [0.05, 0.1) is 28.4 Å². The molecule has 9 heteroatoms. The van der Waals surface area contributed by atoms with Crippen LogP contribution in [0.5, 0.6) is 5.75 Å². The number of halogens is 1. The minimum Gasteiger partial charge on any atom is -0.482 e. The van der Waals surface area contributed by atoms with Crippen molar-refractivity contribution in [3.63, 3.8) is 0 Å². The van der Waals surface area contributed by atoms with Crippen LogP contribution in [0.15, 0.2) is 112 Å². The molecule has 0 atom stereocenters. The smallest absolute Gasteiger partial charge is 0.267 e. The standard InChI is InChI=1S/C29H22ClN3O4S/c30-24-16-20(13-14-25(24)37-19-27(34)31-21-8-3-1-4-9-21)17-26-28(35)33(18-23-12-7-15-36-23)29(38-26)32-22-10-5-2-6-11-22/h1-17H,18-19H2,(H,31,34)/b26-17-,32-29?. The van der Waals surface area contributed by atoms with Gasteiger partial charge in [-0.05, 0) is 71.9 Å². The third-order valence-electron chi connectivity index (χ3n) is 5.43. The Labute approximate surface area is 228 Å². The van der Waals surface area contributed by atoms with E-state index < -0.39 is 0 Å². The molecular formula is C29H22ClN3O4S. The van der Waals surface area contributed by atoms with Crippen molar-refractivity contribution >= 4 is 57.8 Å². The number of anilines is 1. The minimum atomic E-state index is -0.298. The molecule has 190 valence electrons. The molecule has 1 N–H and O–H groups in total. The molecule has 1 aliphatic rings. The number of amidine groups is 1. The van der Waals surface area contributed by atoms with E-state index in [1.807, 2.05) is 54.6 Å². The third-order valence-corrected chi connectivity index (χ3v) is 6.74. The van der Waals surface area contributed by atoms with E-state index in [2.05, 4.69) is 10.3 Å². The number of nitrogens with one attached hydrogen (secondary N) is 1. The molecule has 0 unspecified atom stereocenters. The Bertz CT molecular complexity index is 1490. The van der Waals surface area contributed by atoms with Crippen LogP contribution in [0.1, 0.15) is 11.3 Å². The highest BCUT2D eigenvalue weighted by Gasteiger charge is 2.34. The third kappa shape index (κ3) is 6.34.